The third-order valence-electron chi connectivity index (χ3n) is 5.29. The monoisotopic (exact) mass is 522 g/mol. The molecule has 5 rings (SSSR count). The fraction of sp³-hybridized carbons (Fsp3) is 0.308. The van der Waals surface area contributed by atoms with Crippen LogP contribution in [0.1, 0.15) is 0 Å². The lowest BCUT2D eigenvalue weighted by molar-refractivity contribution is -0.148. The average molecular weight is 523 g/mol. The highest BCUT2D eigenvalue weighted by atomic mass is 16.8. The first-order valence-electron chi connectivity index (χ1n) is 11.6. The van der Waals surface area contributed by atoms with E-state index in [2.05, 4.69) is 0 Å². The van der Waals surface area contributed by atoms with Gasteiger partial charge in [-0.3, -0.25) is 0 Å². The summed E-state index contributed by atoms with van der Waals surface area (Å²) in [6.07, 6.45) is 0. The number of hydrogen-bond donors (Lipinski definition) is 0. The number of methoxy groups -OCH3 is 2. The van der Waals surface area contributed by atoms with Gasteiger partial charge in [0, 0.05) is 26.4 Å². The molecule has 5 aromatic rings. The number of para-hydroxylation sites is 2. The van der Waals surface area contributed by atoms with Gasteiger partial charge in [-0.25, -0.2) is 19.9 Å². The Labute approximate surface area is 217 Å². The van der Waals surface area contributed by atoms with Crippen LogP contribution < -0.4 is 9.47 Å². The van der Waals surface area contributed by atoms with Crippen molar-refractivity contribution in [1.29, 1.82) is 0 Å². The van der Waals surface area contributed by atoms with E-state index in [4.69, 9.17) is 57.8 Å². The van der Waals surface area contributed by atoms with Crippen molar-refractivity contribution in [1.82, 2.24) is 19.9 Å². The minimum Gasteiger partial charge on any atom is -0.463 e. The van der Waals surface area contributed by atoms with Gasteiger partial charge in [0.2, 0.25) is 0 Å². The molecule has 0 atom stereocenters. The van der Waals surface area contributed by atoms with Crippen LogP contribution in [-0.4, -0.2) is 74.9 Å². The summed E-state index contributed by atoms with van der Waals surface area (Å²) < 4.78 is 42.1. The Morgan fingerprint density at radius 1 is 0.447 bits per heavy atom. The van der Waals surface area contributed by atoms with E-state index in [9.17, 15) is 0 Å². The maximum atomic E-state index is 5.79. The molecule has 0 spiro atoms. The normalized spacial score (nSPS) is 11.6. The van der Waals surface area contributed by atoms with Gasteiger partial charge in [0.15, 0.2) is 38.7 Å². The van der Waals surface area contributed by atoms with E-state index in [0.29, 0.717) is 33.6 Å². The molecule has 0 saturated heterocycles. The number of rotatable bonds is 14. The minimum absolute atomic E-state index is 0.00476. The third-order valence-corrected chi connectivity index (χ3v) is 5.29. The van der Waals surface area contributed by atoms with Crippen molar-refractivity contribution in [3.8, 4) is 11.5 Å². The zero-order valence-electron chi connectivity index (χ0n) is 20.9. The Hall–Kier alpha value is -3.78. The van der Waals surface area contributed by atoms with Gasteiger partial charge >= 0.3 is 0 Å². The van der Waals surface area contributed by atoms with Gasteiger partial charge in [0.1, 0.15) is 13.6 Å². The van der Waals surface area contributed by atoms with E-state index >= 15 is 0 Å². The van der Waals surface area contributed by atoms with Crippen LogP contribution in [0.4, 0.5) is 0 Å². The van der Waals surface area contributed by atoms with E-state index in [1.54, 1.807) is 12.1 Å². The Kier molecular flexibility index (Phi) is 8.60. The van der Waals surface area contributed by atoms with Crippen molar-refractivity contribution in [3.05, 3.63) is 48.5 Å². The quantitative estimate of drug-likeness (QED) is 0.120. The van der Waals surface area contributed by atoms with Gasteiger partial charge < -0.3 is 37.9 Å². The molecule has 0 unspecified atom stereocenters. The fourth-order valence-corrected chi connectivity index (χ4v) is 3.66. The lowest BCUT2D eigenvalue weighted by Crippen LogP contribution is -2.11. The Morgan fingerprint density at radius 3 is 1.24 bits per heavy atom. The predicted molar refractivity (Wildman–Crippen MR) is 136 cm³/mol. The van der Waals surface area contributed by atoms with E-state index in [0.717, 1.165) is 22.1 Å². The molecule has 2 aromatic heterocycles. The summed E-state index contributed by atoms with van der Waals surface area (Å²) in [6, 6.07) is 14.9. The zero-order chi connectivity index (χ0) is 26.2. The minimum atomic E-state index is -0.0856. The Morgan fingerprint density at radius 2 is 0.816 bits per heavy atom. The van der Waals surface area contributed by atoms with Gasteiger partial charge in [0.05, 0.1) is 44.1 Å². The second-order valence-corrected chi connectivity index (χ2v) is 7.94. The molecule has 12 nitrogen and oxygen atoms in total. The second-order valence-electron chi connectivity index (χ2n) is 7.94. The zero-order valence-corrected chi connectivity index (χ0v) is 20.9. The summed E-state index contributed by atoms with van der Waals surface area (Å²) >= 11 is 0. The maximum absolute atomic E-state index is 5.79. The lowest BCUT2D eigenvalue weighted by Gasteiger charge is -2.14. The Balaban J connectivity index is 1.44. The summed E-state index contributed by atoms with van der Waals surface area (Å²) in [4.78, 5) is 19.0. The molecule has 0 radical (unpaired) electrons. The first-order valence-corrected chi connectivity index (χ1v) is 11.6. The van der Waals surface area contributed by atoms with Crippen LogP contribution in [0.5, 0.6) is 11.5 Å². The largest absolute Gasteiger partial charge is 0.463 e. The molecule has 3 aromatic carbocycles. The Bertz CT molecular complexity index is 1420. The molecule has 0 bridgehead atoms. The third kappa shape index (κ3) is 6.19. The highest BCUT2D eigenvalue weighted by Gasteiger charge is 2.13. The summed E-state index contributed by atoms with van der Waals surface area (Å²) in [6.45, 7) is 0.0691. The van der Waals surface area contributed by atoms with Crippen LogP contribution in [0.25, 0.3) is 44.1 Å². The van der Waals surface area contributed by atoms with Gasteiger partial charge in [0.25, 0.3) is 0 Å². The van der Waals surface area contributed by atoms with Crippen molar-refractivity contribution < 1.29 is 37.9 Å². The molecule has 0 aliphatic carbocycles. The molecular formula is C26H26N4O8. The number of aromatic nitrogens is 4. The molecule has 12 heteroatoms. The van der Waals surface area contributed by atoms with Crippen molar-refractivity contribution in [3.63, 3.8) is 0 Å². The fourth-order valence-electron chi connectivity index (χ4n) is 3.66. The topological polar surface area (TPSA) is 125 Å². The molecule has 0 aliphatic rings. The van der Waals surface area contributed by atoms with Crippen molar-refractivity contribution >= 4 is 44.1 Å². The van der Waals surface area contributed by atoms with Crippen molar-refractivity contribution in [2.24, 2.45) is 0 Å². The van der Waals surface area contributed by atoms with Crippen LogP contribution in [-0.2, 0) is 28.4 Å². The van der Waals surface area contributed by atoms with Crippen LogP contribution in [0.3, 0.4) is 0 Å². The summed E-state index contributed by atoms with van der Waals surface area (Å²) in [5.74, 6) is 0.789. The van der Waals surface area contributed by atoms with Crippen molar-refractivity contribution in [2.75, 3.05) is 55.0 Å². The van der Waals surface area contributed by atoms with Crippen LogP contribution in [0, 0.1) is 0 Å². The molecule has 0 amide bonds. The lowest BCUT2D eigenvalue weighted by atomic mass is 10.2. The molecule has 198 valence electrons. The number of ether oxygens (including phenoxy) is 8. The van der Waals surface area contributed by atoms with Gasteiger partial charge in [-0.1, -0.05) is 12.1 Å². The molecular weight excluding hydrogens is 496 g/mol. The standard InChI is InChI=1S/C26H26N4O8/c1-31-11-33-13-35-15-37-25-9-23-24(10-26(25)38-16-36-14-34-12-32-2)30-22-8-20-19(7-21(22)29-23)27-17-5-3-4-6-18(17)28-20/h3-10H,11-16H2,1-2H3. The molecule has 2 heterocycles. The second kappa shape index (κ2) is 12.6. The van der Waals surface area contributed by atoms with E-state index in [1.807, 2.05) is 36.4 Å². The maximum Gasteiger partial charge on any atom is 0.191 e. The molecule has 0 aliphatic heterocycles. The van der Waals surface area contributed by atoms with E-state index in [-0.39, 0.29) is 40.8 Å². The molecule has 0 fully saturated rings. The first kappa shape index (κ1) is 25.9. The number of fused-ring (bicyclic) bond motifs is 4. The van der Waals surface area contributed by atoms with Gasteiger partial charge in [-0.15, -0.1) is 0 Å². The molecule has 0 N–H and O–H groups in total. The number of nitrogens with zero attached hydrogens (tertiary/aromatic N) is 4. The summed E-state index contributed by atoms with van der Waals surface area (Å²) in [5.41, 5.74) is 5.66. The highest BCUT2D eigenvalue weighted by molar-refractivity contribution is 5.97. The molecule has 38 heavy (non-hydrogen) atoms. The van der Waals surface area contributed by atoms with Crippen molar-refractivity contribution in [2.45, 2.75) is 0 Å². The van der Waals surface area contributed by atoms with Gasteiger partial charge in [-0.2, -0.15) is 0 Å². The van der Waals surface area contributed by atoms with Gasteiger partial charge in [-0.05, 0) is 24.3 Å². The first-order chi connectivity index (χ1) is 18.7. The smallest absolute Gasteiger partial charge is 0.191 e. The number of hydrogen-bond acceptors (Lipinski definition) is 12. The summed E-state index contributed by atoms with van der Waals surface area (Å²) in [5, 5.41) is 0. The van der Waals surface area contributed by atoms with Crippen LogP contribution >= 0.6 is 0 Å². The highest BCUT2D eigenvalue weighted by Crippen LogP contribution is 2.33. The summed E-state index contributed by atoms with van der Waals surface area (Å²) in [7, 11) is 3.06. The SMILES string of the molecule is COCOCOCOc1cc2nc3cc4nc5ccccc5nc4cc3nc2cc1OCOCOCOC. The van der Waals surface area contributed by atoms with Crippen LogP contribution in [0.15, 0.2) is 48.5 Å². The number of benzene rings is 3. The van der Waals surface area contributed by atoms with Crippen LogP contribution in [0.2, 0.25) is 0 Å². The molecule has 0 saturated carbocycles. The average Bonchev–Trinajstić information content (AvgIpc) is 2.93. The predicted octanol–water partition coefficient (Wildman–Crippen LogP) is 3.74. The van der Waals surface area contributed by atoms with E-state index in [1.165, 1.54) is 14.2 Å². The van der Waals surface area contributed by atoms with E-state index < -0.39 is 0 Å².